The van der Waals surface area contributed by atoms with E-state index in [9.17, 15) is 77.8 Å². The highest BCUT2D eigenvalue weighted by Crippen LogP contribution is 2.44. The summed E-state index contributed by atoms with van der Waals surface area (Å²) in [5.41, 5.74) is -2.32. The zero-order chi connectivity index (χ0) is 36.6. The minimum Gasteiger partial charge on any atom is -0.331 e. The van der Waals surface area contributed by atoms with Gasteiger partial charge in [-0.05, 0) is 12.2 Å². The maximum Gasteiger partial charge on any atom is 0.298 e. The van der Waals surface area contributed by atoms with E-state index in [1.807, 2.05) is 10.6 Å². The number of hydrogen-bond donors (Lipinski definition) is 8. The minimum atomic E-state index is -6.00. The standard InChI is InChI=1S/C21H16N2O18S7/c24-43(25,26)15-11-7-3-1-5-9(11)13(17(45(30,31)32)19(15)47(36,37)38)22-21(42)23-14-10-6-2-4-8-12(10)16(44(27,28)29)20(48(39,40)41)18(14)46(33,34)35/h1-8H,(H2,22,23,42)(H,24,25,26)(H,27,28,29)(H,30,31,32)(H,33,34,35)(H,36,37,38)(H,39,40,41). The molecule has 8 N–H and O–H groups in total. The van der Waals surface area contributed by atoms with E-state index in [0.29, 0.717) is 0 Å². The molecule has 0 radical (unpaired) electrons. The highest BCUT2D eigenvalue weighted by Gasteiger charge is 2.40. The molecular formula is C21H16N2O18S7. The molecule has 0 atom stereocenters. The van der Waals surface area contributed by atoms with Crippen molar-refractivity contribution in [2.75, 3.05) is 10.6 Å². The number of thiocarbonyl (C=S) groups is 1. The van der Waals surface area contributed by atoms with Gasteiger partial charge in [0.05, 0.1) is 11.4 Å². The average molecular weight is 809 g/mol. The quantitative estimate of drug-likeness (QED) is 0.0917. The first kappa shape index (κ1) is 37.4. The van der Waals surface area contributed by atoms with Gasteiger partial charge in [-0.1, -0.05) is 48.5 Å². The summed E-state index contributed by atoms with van der Waals surface area (Å²) >= 11 is 5.06. The van der Waals surface area contributed by atoms with Crippen molar-refractivity contribution in [1.82, 2.24) is 0 Å². The lowest BCUT2D eigenvalue weighted by molar-refractivity contribution is 0.457. The zero-order valence-electron chi connectivity index (χ0n) is 22.6. The summed E-state index contributed by atoms with van der Waals surface area (Å²) in [4.78, 5) is -11.4. The molecule has 4 aromatic carbocycles. The van der Waals surface area contributed by atoms with Crippen LogP contribution < -0.4 is 10.6 Å². The van der Waals surface area contributed by atoms with Crippen molar-refractivity contribution < 1.29 is 77.8 Å². The van der Waals surface area contributed by atoms with Crippen LogP contribution in [-0.2, 0) is 60.7 Å². The van der Waals surface area contributed by atoms with E-state index in [1.165, 1.54) is 0 Å². The fourth-order valence-electron chi connectivity index (χ4n) is 4.70. The van der Waals surface area contributed by atoms with E-state index >= 15 is 0 Å². The molecule has 0 heterocycles. The van der Waals surface area contributed by atoms with Crippen LogP contribution in [0, 0.1) is 0 Å². The highest BCUT2D eigenvalue weighted by molar-refractivity contribution is 7.91. The Kier molecular flexibility index (Phi) is 9.23. The molecule has 0 fully saturated rings. The minimum absolute atomic E-state index is 0.658. The number of nitrogens with one attached hydrogen (secondary N) is 2. The monoisotopic (exact) mass is 808 g/mol. The van der Waals surface area contributed by atoms with Gasteiger partial charge in [0.2, 0.25) is 0 Å². The van der Waals surface area contributed by atoms with Crippen LogP contribution >= 0.6 is 12.2 Å². The second-order valence-corrected chi connectivity index (χ2v) is 17.8. The van der Waals surface area contributed by atoms with Crippen LogP contribution in [0.1, 0.15) is 0 Å². The van der Waals surface area contributed by atoms with E-state index in [-0.39, 0.29) is 0 Å². The van der Waals surface area contributed by atoms with Crippen LogP contribution in [-0.4, -0.2) is 82.9 Å². The predicted octanol–water partition coefficient (Wildman–Crippen LogP) is 1.28. The van der Waals surface area contributed by atoms with Gasteiger partial charge in [-0.3, -0.25) is 27.3 Å². The van der Waals surface area contributed by atoms with Gasteiger partial charge in [0.25, 0.3) is 60.7 Å². The third-order valence-electron chi connectivity index (χ3n) is 6.19. The summed E-state index contributed by atoms with van der Waals surface area (Å²) < 4.78 is 208. The third-order valence-corrected chi connectivity index (χ3v) is 12.5. The molecule has 0 bridgehead atoms. The van der Waals surface area contributed by atoms with Crippen molar-refractivity contribution in [3.05, 3.63) is 48.5 Å². The molecule has 0 unspecified atom stereocenters. The summed E-state index contributed by atoms with van der Waals surface area (Å²) in [5, 5.41) is 0.00339. The Bertz CT molecular complexity index is 2590. The highest BCUT2D eigenvalue weighted by atomic mass is 32.2. The number of fused-ring (bicyclic) bond motifs is 2. The predicted molar refractivity (Wildman–Crippen MR) is 167 cm³/mol. The normalized spacial score (nSPS) is 13.5. The lowest BCUT2D eigenvalue weighted by Gasteiger charge is -2.22. The molecule has 0 aromatic heterocycles. The fraction of sp³-hybridized carbons (Fsp3) is 0. The van der Waals surface area contributed by atoms with E-state index in [1.54, 1.807) is 0 Å². The molecule has 0 aliphatic rings. The Morgan fingerprint density at radius 3 is 0.854 bits per heavy atom. The van der Waals surface area contributed by atoms with E-state index in [4.69, 9.17) is 12.2 Å². The second kappa shape index (κ2) is 11.9. The molecule has 0 aliphatic carbocycles. The molecule has 0 saturated carbocycles. The molecule has 0 aliphatic heterocycles. The van der Waals surface area contributed by atoms with E-state index in [2.05, 4.69) is 0 Å². The molecular weight excluding hydrogens is 793 g/mol. The fourth-order valence-corrected chi connectivity index (χ4v) is 12.0. The van der Waals surface area contributed by atoms with E-state index in [0.717, 1.165) is 48.5 Å². The maximum atomic E-state index is 12.5. The summed E-state index contributed by atoms with van der Waals surface area (Å²) in [6.07, 6.45) is 0. The van der Waals surface area contributed by atoms with Gasteiger partial charge in [0.15, 0.2) is 5.11 Å². The first-order valence-electron chi connectivity index (χ1n) is 11.7. The molecule has 0 saturated heterocycles. The van der Waals surface area contributed by atoms with Crippen molar-refractivity contribution in [2.24, 2.45) is 0 Å². The Balaban J connectivity index is 2.18. The lowest BCUT2D eigenvalue weighted by Crippen LogP contribution is -2.25. The first-order valence-corrected chi connectivity index (χ1v) is 20.7. The third kappa shape index (κ3) is 6.99. The molecule has 4 aromatic rings. The van der Waals surface area contributed by atoms with Crippen LogP contribution in [0.15, 0.2) is 77.9 Å². The summed E-state index contributed by atoms with van der Waals surface area (Å²) in [7, 11) is -35.4. The van der Waals surface area contributed by atoms with E-state index < -0.39 is 128 Å². The Morgan fingerprint density at radius 1 is 0.396 bits per heavy atom. The van der Waals surface area contributed by atoms with Crippen molar-refractivity contribution in [3.8, 4) is 0 Å². The topological polar surface area (TPSA) is 350 Å². The van der Waals surface area contributed by atoms with Gasteiger partial charge in [0.1, 0.15) is 29.4 Å². The molecule has 0 spiro atoms. The van der Waals surface area contributed by atoms with Crippen LogP contribution in [0.3, 0.4) is 0 Å². The second-order valence-electron chi connectivity index (χ2n) is 9.25. The molecule has 0 amide bonds. The van der Waals surface area contributed by atoms with Crippen LogP contribution in [0.2, 0.25) is 0 Å². The molecule has 4 rings (SSSR count). The summed E-state index contributed by atoms with van der Waals surface area (Å²) in [6.45, 7) is 0. The zero-order valence-corrected chi connectivity index (χ0v) is 28.3. The maximum absolute atomic E-state index is 12.5. The van der Waals surface area contributed by atoms with Gasteiger partial charge in [-0.2, -0.15) is 50.5 Å². The Morgan fingerprint density at radius 2 is 0.625 bits per heavy atom. The van der Waals surface area contributed by atoms with Crippen LogP contribution in [0.4, 0.5) is 11.4 Å². The summed E-state index contributed by atoms with van der Waals surface area (Å²) in [6, 6.07) is 7.77. The van der Waals surface area contributed by atoms with Crippen LogP contribution in [0.25, 0.3) is 21.5 Å². The number of rotatable bonds is 8. The molecule has 20 nitrogen and oxygen atoms in total. The largest absolute Gasteiger partial charge is 0.331 e. The lowest BCUT2D eigenvalue weighted by atomic mass is 10.1. The van der Waals surface area contributed by atoms with Crippen LogP contribution in [0.5, 0.6) is 0 Å². The van der Waals surface area contributed by atoms with Gasteiger partial charge in [-0.25, -0.2) is 0 Å². The Hall–Kier alpha value is -3.45. The molecule has 27 heteroatoms. The number of hydrogen-bond acceptors (Lipinski definition) is 13. The molecule has 260 valence electrons. The van der Waals surface area contributed by atoms with Crippen molar-refractivity contribution in [3.63, 3.8) is 0 Å². The van der Waals surface area contributed by atoms with Gasteiger partial charge < -0.3 is 10.6 Å². The summed E-state index contributed by atoms with van der Waals surface area (Å²) in [5.74, 6) is 0. The van der Waals surface area contributed by atoms with Gasteiger partial charge >= 0.3 is 0 Å². The van der Waals surface area contributed by atoms with Gasteiger partial charge in [0, 0.05) is 21.5 Å². The number of anilines is 2. The van der Waals surface area contributed by atoms with Gasteiger partial charge in [-0.15, -0.1) is 0 Å². The average Bonchev–Trinajstić information content (AvgIpc) is 2.88. The smallest absolute Gasteiger partial charge is 0.298 e. The SMILES string of the molecule is O=S(=O)(O)c1c(S(=O)(=O)O)c(S(=O)(=O)O)c2ccccc2c1NC(=S)Nc1c(S(=O)(=O)O)c(S(=O)(=O)O)c(S(=O)(=O)O)c2ccccc12. The first-order chi connectivity index (χ1) is 21.6. The molecule has 48 heavy (non-hydrogen) atoms. The van der Waals surface area contributed by atoms with Crippen molar-refractivity contribution >= 4 is 111 Å². The van der Waals surface area contributed by atoms with Crippen molar-refractivity contribution in [1.29, 1.82) is 0 Å². The van der Waals surface area contributed by atoms with Crippen molar-refractivity contribution in [2.45, 2.75) is 29.4 Å². The Labute approximate surface area is 275 Å². The number of benzene rings is 4.